The SMILES string of the molecule is Cc1ccc2c(c1)sc1cc(C=Cc3cc4c5ccccc5c(C=Cc5ccc6c(c5)sc5cc(C)ccc56)cc4c4ccccc34)ccc12. The number of hydrogen-bond donors (Lipinski definition) is 0. The monoisotopic (exact) mass is 672 g/mol. The Labute approximate surface area is 298 Å². The van der Waals surface area contributed by atoms with Gasteiger partial charge in [-0.15, -0.1) is 22.7 Å². The van der Waals surface area contributed by atoms with Crippen LogP contribution in [-0.4, -0.2) is 0 Å². The van der Waals surface area contributed by atoms with Gasteiger partial charge >= 0.3 is 0 Å². The molecule has 0 amide bonds. The summed E-state index contributed by atoms with van der Waals surface area (Å²) in [6.45, 7) is 4.34. The molecule has 0 aliphatic carbocycles. The number of aryl methyl sites for hydroxylation is 2. The lowest BCUT2D eigenvalue weighted by molar-refractivity contribution is 1.52. The van der Waals surface area contributed by atoms with Crippen LogP contribution in [0.25, 0.3) is 97.0 Å². The zero-order valence-corrected chi connectivity index (χ0v) is 29.5. The molecule has 0 aliphatic rings. The molecule has 0 bridgehead atoms. The largest absolute Gasteiger partial charge is 0.135 e. The fourth-order valence-corrected chi connectivity index (χ4v) is 10.2. The Balaban J connectivity index is 1.08. The Hall–Kier alpha value is -5.54. The smallest absolute Gasteiger partial charge is 0.0361 e. The first-order valence-electron chi connectivity index (χ1n) is 17.1. The van der Waals surface area contributed by atoms with Gasteiger partial charge in [0, 0.05) is 40.3 Å². The van der Waals surface area contributed by atoms with Gasteiger partial charge in [-0.3, -0.25) is 0 Å². The summed E-state index contributed by atoms with van der Waals surface area (Å²) in [5.41, 5.74) is 7.53. The average Bonchev–Trinajstić information content (AvgIpc) is 3.68. The zero-order valence-electron chi connectivity index (χ0n) is 27.8. The van der Waals surface area contributed by atoms with Crippen molar-refractivity contribution in [1.82, 2.24) is 0 Å². The minimum atomic E-state index is 1.22. The van der Waals surface area contributed by atoms with Crippen LogP contribution >= 0.6 is 22.7 Å². The van der Waals surface area contributed by atoms with Gasteiger partial charge in [-0.1, -0.05) is 121 Å². The van der Waals surface area contributed by atoms with Crippen molar-refractivity contribution in [3.05, 3.63) is 167 Å². The standard InChI is InChI=1S/C48H32S2/c1-29-11-19-39-41-21-15-31(25-47(41)49-45(39)23-29)13-17-33-27-43-38-10-6-4-8-36(38)34(28-44(43)37-9-5-3-7-35(33)37)18-14-32-16-22-42-40-20-12-30(2)24-46(40)50-48(42)26-32/h3-28H,1-2H3. The van der Waals surface area contributed by atoms with Crippen LogP contribution in [0.2, 0.25) is 0 Å². The maximum atomic E-state index is 2.39. The van der Waals surface area contributed by atoms with E-state index in [1.807, 2.05) is 22.7 Å². The maximum absolute atomic E-state index is 2.39. The highest BCUT2D eigenvalue weighted by molar-refractivity contribution is 7.26. The van der Waals surface area contributed by atoms with Crippen LogP contribution in [0.1, 0.15) is 33.4 Å². The van der Waals surface area contributed by atoms with Crippen molar-refractivity contribution >= 4 is 120 Å². The highest BCUT2D eigenvalue weighted by atomic mass is 32.1. The maximum Gasteiger partial charge on any atom is 0.0361 e. The van der Waals surface area contributed by atoms with Crippen molar-refractivity contribution in [1.29, 1.82) is 0 Å². The van der Waals surface area contributed by atoms with Crippen LogP contribution in [-0.2, 0) is 0 Å². The molecule has 0 atom stereocenters. The molecular formula is C48H32S2. The molecule has 10 aromatic rings. The van der Waals surface area contributed by atoms with E-state index >= 15 is 0 Å². The summed E-state index contributed by atoms with van der Waals surface area (Å²) in [7, 11) is 0. The number of hydrogen-bond acceptors (Lipinski definition) is 2. The first-order chi connectivity index (χ1) is 24.6. The second-order valence-corrected chi connectivity index (χ2v) is 15.7. The molecule has 8 aromatic carbocycles. The topological polar surface area (TPSA) is 0 Å². The molecule has 50 heavy (non-hydrogen) atoms. The van der Waals surface area contributed by atoms with Gasteiger partial charge in [-0.2, -0.15) is 0 Å². The van der Waals surface area contributed by atoms with E-state index < -0.39 is 0 Å². The second-order valence-electron chi connectivity index (χ2n) is 13.5. The fraction of sp³-hybridized carbons (Fsp3) is 0.0417. The van der Waals surface area contributed by atoms with Crippen molar-refractivity contribution in [3.63, 3.8) is 0 Å². The van der Waals surface area contributed by atoms with Crippen molar-refractivity contribution in [2.24, 2.45) is 0 Å². The van der Waals surface area contributed by atoms with Crippen molar-refractivity contribution in [2.45, 2.75) is 13.8 Å². The Morgan fingerprint density at radius 2 is 0.700 bits per heavy atom. The molecular weight excluding hydrogens is 641 g/mol. The van der Waals surface area contributed by atoms with E-state index in [1.165, 1.54) is 106 Å². The molecule has 0 unspecified atom stereocenters. The molecule has 0 fully saturated rings. The zero-order chi connectivity index (χ0) is 33.3. The molecule has 0 radical (unpaired) electrons. The molecule has 0 saturated carbocycles. The molecule has 2 heteroatoms. The summed E-state index contributed by atoms with van der Waals surface area (Å²) in [5, 5.41) is 13.0. The van der Waals surface area contributed by atoms with Crippen LogP contribution in [0.3, 0.4) is 0 Å². The van der Waals surface area contributed by atoms with Gasteiger partial charge < -0.3 is 0 Å². The first-order valence-corrected chi connectivity index (χ1v) is 18.8. The van der Waals surface area contributed by atoms with Gasteiger partial charge in [0.05, 0.1) is 0 Å². The summed E-state index contributed by atoms with van der Waals surface area (Å²) in [4.78, 5) is 0. The number of fused-ring (bicyclic) bond motifs is 11. The molecule has 0 N–H and O–H groups in total. The lowest BCUT2D eigenvalue weighted by Crippen LogP contribution is -1.87. The van der Waals surface area contributed by atoms with Crippen molar-refractivity contribution < 1.29 is 0 Å². The number of thiophene rings is 2. The van der Waals surface area contributed by atoms with Gasteiger partial charge in [0.25, 0.3) is 0 Å². The van der Waals surface area contributed by atoms with E-state index in [-0.39, 0.29) is 0 Å². The van der Waals surface area contributed by atoms with Gasteiger partial charge in [0.1, 0.15) is 0 Å². The Morgan fingerprint density at radius 1 is 0.320 bits per heavy atom. The van der Waals surface area contributed by atoms with Gasteiger partial charge in [-0.05, 0) is 116 Å². The summed E-state index contributed by atoms with van der Waals surface area (Å²) in [6.07, 6.45) is 9.15. The Kier molecular flexibility index (Phi) is 6.77. The predicted molar refractivity (Wildman–Crippen MR) is 225 cm³/mol. The summed E-state index contributed by atoms with van der Waals surface area (Å²) < 4.78 is 5.38. The lowest BCUT2D eigenvalue weighted by Gasteiger charge is -2.13. The van der Waals surface area contributed by atoms with Crippen LogP contribution in [0, 0.1) is 13.8 Å². The quantitative estimate of drug-likeness (QED) is 0.129. The molecule has 0 spiro atoms. The van der Waals surface area contributed by atoms with E-state index in [0.717, 1.165) is 0 Å². The number of rotatable bonds is 4. The van der Waals surface area contributed by atoms with Crippen LogP contribution in [0.15, 0.2) is 133 Å². The number of benzene rings is 8. The third-order valence-electron chi connectivity index (χ3n) is 10.2. The van der Waals surface area contributed by atoms with Crippen molar-refractivity contribution in [3.8, 4) is 0 Å². The Bertz CT molecular complexity index is 2850. The Morgan fingerprint density at radius 3 is 1.14 bits per heavy atom. The van der Waals surface area contributed by atoms with Gasteiger partial charge in [0.2, 0.25) is 0 Å². The minimum Gasteiger partial charge on any atom is -0.135 e. The second kappa shape index (κ2) is 11.5. The molecule has 2 aromatic heterocycles. The molecule has 0 saturated heterocycles. The lowest BCUT2D eigenvalue weighted by atomic mass is 9.91. The van der Waals surface area contributed by atoms with Crippen molar-refractivity contribution in [2.75, 3.05) is 0 Å². The molecule has 0 nitrogen and oxygen atoms in total. The highest BCUT2D eigenvalue weighted by Crippen LogP contribution is 2.39. The van der Waals surface area contributed by atoms with E-state index in [4.69, 9.17) is 0 Å². The average molecular weight is 673 g/mol. The normalized spacial score (nSPS) is 12.4. The summed E-state index contributed by atoms with van der Waals surface area (Å²) in [5.74, 6) is 0. The van der Waals surface area contributed by atoms with E-state index in [2.05, 4.69) is 172 Å². The van der Waals surface area contributed by atoms with Crippen LogP contribution in [0.5, 0.6) is 0 Å². The minimum absolute atomic E-state index is 1.22. The van der Waals surface area contributed by atoms with E-state index in [0.29, 0.717) is 0 Å². The highest BCUT2D eigenvalue weighted by Gasteiger charge is 2.12. The summed E-state index contributed by atoms with van der Waals surface area (Å²) >= 11 is 3.77. The van der Waals surface area contributed by atoms with Crippen LogP contribution in [0.4, 0.5) is 0 Å². The fourth-order valence-electron chi connectivity index (χ4n) is 7.66. The van der Waals surface area contributed by atoms with E-state index in [1.54, 1.807) is 0 Å². The van der Waals surface area contributed by atoms with E-state index in [9.17, 15) is 0 Å². The molecule has 0 aliphatic heterocycles. The summed E-state index contributed by atoms with van der Waals surface area (Å²) in [6, 6.07) is 49.8. The van der Waals surface area contributed by atoms with Gasteiger partial charge in [0.15, 0.2) is 0 Å². The third kappa shape index (κ3) is 4.87. The molecule has 236 valence electrons. The third-order valence-corrected chi connectivity index (χ3v) is 12.4. The van der Waals surface area contributed by atoms with Crippen LogP contribution < -0.4 is 0 Å². The molecule has 10 rings (SSSR count). The molecule has 2 heterocycles. The van der Waals surface area contributed by atoms with Gasteiger partial charge in [-0.25, -0.2) is 0 Å². The first kappa shape index (κ1) is 29.4. The predicted octanol–water partition coefficient (Wildman–Crippen LogP) is 14.8.